The molecule has 0 saturated heterocycles. The molecule has 4 atom stereocenters. The average molecular weight is 572 g/mol. The van der Waals surface area contributed by atoms with Crippen LogP contribution in [0.15, 0.2) is 24.3 Å². The molecule has 0 radical (unpaired) electrons. The predicted octanol–water partition coefficient (Wildman–Crippen LogP) is 4.57. The molecule has 5 N–H and O–H groups in total. The van der Waals surface area contributed by atoms with E-state index in [1.165, 1.54) is 0 Å². The summed E-state index contributed by atoms with van der Waals surface area (Å²) in [4.78, 5) is 25.7. The molecule has 0 fully saturated rings. The van der Waals surface area contributed by atoms with Gasteiger partial charge in [0.1, 0.15) is 5.75 Å². The van der Waals surface area contributed by atoms with Crippen LogP contribution in [0.4, 0.5) is 0 Å². The lowest BCUT2D eigenvalue weighted by Crippen LogP contribution is -2.44. The maximum absolute atomic E-state index is 13.0. The van der Waals surface area contributed by atoms with Crippen LogP contribution >= 0.6 is 12.4 Å². The number of unbranched alkanes of at least 4 members (excludes halogenated alkanes) is 2. The molecule has 1 rings (SSSR count). The van der Waals surface area contributed by atoms with E-state index in [2.05, 4.69) is 31.4 Å². The van der Waals surface area contributed by atoms with Crippen LogP contribution in [0.3, 0.4) is 0 Å². The summed E-state index contributed by atoms with van der Waals surface area (Å²) in [5, 5.41) is 16.9. The van der Waals surface area contributed by atoms with E-state index in [1.54, 1.807) is 19.2 Å². The SMILES string of the molecule is CCCCNC(=O)[C@@H](C[C@H](O)[C@@H](N)C[C@H](CNC(=O)c1ccccc1OCCCCOC)C(C)C)C(C)C.Cl. The highest BCUT2D eigenvalue weighted by atomic mass is 35.5. The van der Waals surface area contributed by atoms with Crippen LogP contribution in [0, 0.1) is 23.7 Å². The van der Waals surface area contributed by atoms with E-state index < -0.39 is 12.1 Å². The smallest absolute Gasteiger partial charge is 0.255 e. The number of carbonyl (C=O) groups excluding carboxylic acids is 2. The minimum Gasteiger partial charge on any atom is -0.493 e. The minimum atomic E-state index is -0.802. The van der Waals surface area contributed by atoms with E-state index in [0.29, 0.717) is 50.5 Å². The van der Waals surface area contributed by atoms with E-state index in [1.807, 2.05) is 26.0 Å². The molecule has 0 saturated carbocycles. The van der Waals surface area contributed by atoms with Gasteiger partial charge in [-0.15, -0.1) is 12.4 Å². The zero-order valence-electron chi connectivity index (χ0n) is 24.9. The Labute approximate surface area is 242 Å². The van der Waals surface area contributed by atoms with Gasteiger partial charge in [0, 0.05) is 38.8 Å². The van der Waals surface area contributed by atoms with Crippen LogP contribution in [0.1, 0.15) is 83.5 Å². The zero-order chi connectivity index (χ0) is 28.5. The molecule has 226 valence electrons. The number of aliphatic hydroxyl groups is 1. The summed E-state index contributed by atoms with van der Waals surface area (Å²) in [5.74, 6) is 0.470. The lowest BCUT2D eigenvalue weighted by atomic mass is 9.83. The highest BCUT2D eigenvalue weighted by molar-refractivity contribution is 5.96. The van der Waals surface area contributed by atoms with Gasteiger partial charge in [0.25, 0.3) is 5.91 Å². The second-order valence-electron chi connectivity index (χ2n) is 11.0. The van der Waals surface area contributed by atoms with Crippen molar-refractivity contribution in [3.63, 3.8) is 0 Å². The van der Waals surface area contributed by atoms with Crippen LogP contribution < -0.4 is 21.1 Å². The molecule has 39 heavy (non-hydrogen) atoms. The summed E-state index contributed by atoms with van der Waals surface area (Å²) in [6.45, 7) is 12.5. The number of nitrogens with one attached hydrogen (secondary N) is 2. The van der Waals surface area contributed by atoms with Crippen LogP contribution in [-0.2, 0) is 9.53 Å². The van der Waals surface area contributed by atoms with Gasteiger partial charge in [-0.25, -0.2) is 0 Å². The molecule has 9 heteroatoms. The molecule has 8 nitrogen and oxygen atoms in total. The lowest BCUT2D eigenvalue weighted by Gasteiger charge is -2.30. The molecule has 0 unspecified atom stereocenters. The van der Waals surface area contributed by atoms with Gasteiger partial charge in [-0.05, 0) is 62.0 Å². The number of methoxy groups -OCH3 is 1. The van der Waals surface area contributed by atoms with Crippen LogP contribution in [0.25, 0.3) is 0 Å². The third-order valence-electron chi connectivity index (χ3n) is 7.14. The van der Waals surface area contributed by atoms with Crippen molar-refractivity contribution in [2.24, 2.45) is 29.4 Å². The molecular weight excluding hydrogens is 518 g/mol. The van der Waals surface area contributed by atoms with Crippen molar-refractivity contribution < 1.29 is 24.2 Å². The van der Waals surface area contributed by atoms with Crippen LogP contribution in [-0.4, -0.2) is 62.5 Å². The fraction of sp³-hybridized carbons (Fsp3) is 0.733. The fourth-order valence-electron chi connectivity index (χ4n) is 4.36. The Balaban J connectivity index is 0.0000144. The Hall–Kier alpha value is -1.87. The first-order chi connectivity index (χ1) is 18.1. The molecule has 0 aliphatic rings. The van der Waals surface area contributed by atoms with Crippen molar-refractivity contribution in [1.29, 1.82) is 0 Å². The fourth-order valence-corrected chi connectivity index (χ4v) is 4.36. The van der Waals surface area contributed by atoms with Crippen LogP contribution in [0.2, 0.25) is 0 Å². The largest absolute Gasteiger partial charge is 0.493 e. The predicted molar refractivity (Wildman–Crippen MR) is 160 cm³/mol. The Morgan fingerprint density at radius 2 is 1.64 bits per heavy atom. The molecular formula is C30H54ClN3O5. The molecule has 2 amide bonds. The molecule has 0 bridgehead atoms. The number of hydrogen-bond donors (Lipinski definition) is 4. The van der Waals surface area contributed by atoms with E-state index in [9.17, 15) is 14.7 Å². The number of ether oxygens (including phenoxy) is 2. The van der Waals surface area contributed by atoms with Gasteiger partial charge in [0.05, 0.1) is 18.3 Å². The second kappa shape index (κ2) is 21.0. The maximum Gasteiger partial charge on any atom is 0.255 e. The Bertz CT molecular complexity index is 809. The zero-order valence-corrected chi connectivity index (χ0v) is 25.7. The number of hydrogen-bond acceptors (Lipinski definition) is 6. The van der Waals surface area contributed by atoms with E-state index >= 15 is 0 Å². The molecule has 0 heterocycles. The topological polar surface area (TPSA) is 123 Å². The number of rotatable bonds is 20. The monoisotopic (exact) mass is 571 g/mol. The van der Waals surface area contributed by atoms with Gasteiger partial charge in [0.2, 0.25) is 5.91 Å². The lowest BCUT2D eigenvalue weighted by molar-refractivity contribution is -0.127. The summed E-state index contributed by atoms with van der Waals surface area (Å²) in [6.07, 6.45) is 3.75. The molecule has 1 aromatic rings. The first-order valence-corrected chi connectivity index (χ1v) is 14.3. The number of carbonyl (C=O) groups is 2. The van der Waals surface area contributed by atoms with Crippen molar-refractivity contribution in [1.82, 2.24) is 10.6 Å². The molecule has 0 aromatic heterocycles. The minimum absolute atomic E-state index is 0. The first kappa shape index (κ1) is 37.1. The average Bonchev–Trinajstić information content (AvgIpc) is 2.88. The van der Waals surface area contributed by atoms with Crippen molar-refractivity contribution in [2.45, 2.75) is 85.3 Å². The third-order valence-corrected chi connectivity index (χ3v) is 7.14. The molecule has 1 aromatic carbocycles. The first-order valence-electron chi connectivity index (χ1n) is 14.3. The summed E-state index contributed by atoms with van der Waals surface area (Å²) < 4.78 is 10.9. The quantitative estimate of drug-likeness (QED) is 0.170. The maximum atomic E-state index is 13.0. The van der Waals surface area contributed by atoms with Crippen molar-refractivity contribution in [3.8, 4) is 5.75 Å². The van der Waals surface area contributed by atoms with Gasteiger partial charge >= 0.3 is 0 Å². The molecule has 0 aliphatic carbocycles. The third kappa shape index (κ3) is 14.4. The number of nitrogens with two attached hydrogens (primary N) is 1. The number of halogens is 1. The number of benzene rings is 1. The number of para-hydroxylation sites is 1. The second-order valence-corrected chi connectivity index (χ2v) is 11.0. The Morgan fingerprint density at radius 1 is 0.974 bits per heavy atom. The highest BCUT2D eigenvalue weighted by Gasteiger charge is 2.29. The van der Waals surface area contributed by atoms with Gasteiger partial charge in [-0.1, -0.05) is 53.2 Å². The highest BCUT2D eigenvalue weighted by Crippen LogP contribution is 2.24. The van der Waals surface area contributed by atoms with Crippen LogP contribution in [0.5, 0.6) is 5.75 Å². The van der Waals surface area contributed by atoms with Crippen molar-refractivity contribution in [2.75, 3.05) is 33.4 Å². The summed E-state index contributed by atoms with van der Waals surface area (Å²) >= 11 is 0. The van der Waals surface area contributed by atoms with E-state index in [4.69, 9.17) is 15.2 Å². The van der Waals surface area contributed by atoms with E-state index in [0.717, 1.165) is 25.7 Å². The van der Waals surface area contributed by atoms with Gasteiger partial charge < -0.3 is 30.9 Å². The normalized spacial score (nSPS) is 14.3. The summed E-state index contributed by atoms with van der Waals surface area (Å²) in [7, 11) is 1.68. The van der Waals surface area contributed by atoms with E-state index in [-0.39, 0.29) is 47.9 Å². The Morgan fingerprint density at radius 3 is 2.26 bits per heavy atom. The van der Waals surface area contributed by atoms with Gasteiger partial charge in [-0.2, -0.15) is 0 Å². The van der Waals surface area contributed by atoms with Crippen molar-refractivity contribution >= 4 is 24.2 Å². The van der Waals surface area contributed by atoms with Crippen molar-refractivity contribution in [3.05, 3.63) is 29.8 Å². The molecule has 0 spiro atoms. The summed E-state index contributed by atoms with van der Waals surface area (Å²) in [5.41, 5.74) is 6.93. The number of amides is 2. The summed E-state index contributed by atoms with van der Waals surface area (Å²) in [6, 6.07) is 6.75. The number of aliphatic hydroxyl groups excluding tert-OH is 1. The van der Waals surface area contributed by atoms with Gasteiger partial charge in [0.15, 0.2) is 0 Å². The Kier molecular flexibility index (Phi) is 19.9. The standard InChI is InChI=1S/C30H53N3O5.ClH/c1-7-8-15-32-30(36)25(22(4)5)19-27(34)26(31)18-23(21(2)3)20-33-29(35)24-13-9-10-14-28(24)38-17-12-11-16-37-6;/h9-10,13-14,21-23,25-27,34H,7-8,11-12,15-20,31H2,1-6H3,(H,32,36)(H,33,35);1H/t23-,25+,26+,27+;/m1./s1. The van der Waals surface area contributed by atoms with Gasteiger partial charge in [-0.3, -0.25) is 9.59 Å². The molecule has 0 aliphatic heterocycles.